The van der Waals surface area contributed by atoms with E-state index in [4.69, 9.17) is 5.73 Å². The number of rotatable bonds is 10. The van der Waals surface area contributed by atoms with E-state index < -0.39 is 10.0 Å². The van der Waals surface area contributed by atoms with Crippen molar-refractivity contribution in [3.05, 3.63) is 71.4 Å². The van der Waals surface area contributed by atoms with E-state index in [2.05, 4.69) is 16.5 Å². The smallest absolute Gasteiger partial charge is 0.251 e. The number of para-hydroxylation sites is 1. The van der Waals surface area contributed by atoms with Crippen LogP contribution in [0, 0.1) is 11.3 Å². The lowest BCUT2D eigenvalue weighted by molar-refractivity contribution is 0.0953. The minimum Gasteiger partial charge on any atom is -0.382 e. The molecule has 0 aliphatic carbocycles. The Morgan fingerprint density at radius 1 is 1.12 bits per heavy atom. The van der Waals surface area contributed by atoms with E-state index in [0.717, 1.165) is 5.69 Å². The lowest BCUT2D eigenvalue weighted by Gasteiger charge is -2.18. The summed E-state index contributed by atoms with van der Waals surface area (Å²) in [7, 11) is -3.57. The molecule has 0 aliphatic heterocycles. The SMILES string of the molecule is CCN(CC)S(=O)(=O)c1ccc(C(=O)NCCCc2nn(-c3ccccc3)c(N)c2C#N)cc1. The topological polar surface area (TPSA) is 134 Å². The Labute approximate surface area is 199 Å². The fourth-order valence-electron chi connectivity index (χ4n) is 3.59. The Balaban J connectivity index is 1.60. The normalized spacial score (nSPS) is 11.4. The highest BCUT2D eigenvalue weighted by Crippen LogP contribution is 2.21. The lowest BCUT2D eigenvalue weighted by atomic mass is 10.1. The summed E-state index contributed by atoms with van der Waals surface area (Å²) in [5.74, 6) is -0.0193. The molecule has 3 aromatic rings. The molecule has 178 valence electrons. The quantitative estimate of drug-likeness (QED) is 0.429. The van der Waals surface area contributed by atoms with Crippen molar-refractivity contribution in [1.82, 2.24) is 19.4 Å². The van der Waals surface area contributed by atoms with Gasteiger partial charge in [-0.3, -0.25) is 4.79 Å². The Morgan fingerprint density at radius 2 is 1.76 bits per heavy atom. The first-order valence-electron chi connectivity index (χ1n) is 11.0. The number of amides is 1. The maximum absolute atomic E-state index is 12.6. The molecule has 1 heterocycles. The van der Waals surface area contributed by atoms with Gasteiger partial charge in [0, 0.05) is 25.2 Å². The maximum atomic E-state index is 12.6. The third-order valence-electron chi connectivity index (χ3n) is 5.44. The fourth-order valence-corrected chi connectivity index (χ4v) is 5.05. The first-order valence-corrected chi connectivity index (χ1v) is 12.5. The molecule has 34 heavy (non-hydrogen) atoms. The van der Waals surface area contributed by atoms with Crippen LogP contribution in [0.2, 0.25) is 0 Å². The Hall–Kier alpha value is -3.68. The second-order valence-corrected chi connectivity index (χ2v) is 9.48. The van der Waals surface area contributed by atoms with E-state index >= 15 is 0 Å². The zero-order valence-electron chi connectivity index (χ0n) is 19.2. The molecule has 0 bridgehead atoms. The summed E-state index contributed by atoms with van der Waals surface area (Å²) < 4.78 is 28.1. The van der Waals surface area contributed by atoms with Crippen LogP contribution in [-0.4, -0.2) is 48.0 Å². The number of carbonyl (C=O) groups excluding carboxylic acids is 1. The summed E-state index contributed by atoms with van der Waals surface area (Å²) >= 11 is 0. The molecule has 0 saturated carbocycles. The molecular weight excluding hydrogens is 452 g/mol. The van der Waals surface area contributed by atoms with Crippen LogP contribution in [-0.2, 0) is 16.4 Å². The molecule has 0 unspecified atom stereocenters. The van der Waals surface area contributed by atoms with Crippen molar-refractivity contribution in [3.63, 3.8) is 0 Å². The standard InChI is InChI=1S/C24H28N6O3S/c1-3-29(4-2)34(32,33)20-14-12-18(13-15-20)24(31)27-16-8-11-22-21(17-25)23(26)30(28-22)19-9-6-5-7-10-19/h5-7,9-10,12-15H,3-4,8,11,16,26H2,1-2H3,(H,27,31). The number of nitrogens with two attached hydrogens (primary N) is 1. The molecule has 0 saturated heterocycles. The highest BCUT2D eigenvalue weighted by Gasteiger charge is 2.21. The summed E-state index contributed by atoms with van der Waals surface area (Å²) in [5.41, 5.74) is 8.16. The summed E-state index contributed by atoms with van der Waals surface area (Å²) in [6, 6.07) is 17.3. The van der Waals surface area contributed by atoms with Gasteiger partial charge in [-0.15, -0.1) is 0 Å². The van der Waals surface area contributed by atoms with Gasteiger partial charge < -0.3 is 11.1 Å². The average Bonchev–Trinajstić information content (AvgIpc) is 3.17. The van der Waals surface area contributed by atoms with Gasteiger partial charge in [0.2, 0.25) is 10.0 Å². The molecule has 0 fully saturated rings. The molecule has 0 spiro atoms. The summed E-state index contributed by atoms with van der Waals surface area (Å²) in [6.07, 6.45) is 1.02. The highest BCUT2D eigenvalue weighted by atomic mass is 32.2. The number of hydrogen-bond acceptors (Lipinski definition) is 6. The second-order valence-electron chi connectivity index (χ2n) is 7.54. The number of nitrogen functional groups attached to an aromatic ring is 1. The monoisotopic (exact) mass is 480 g/mol. The molecule has 2 aromatic carbocycles. The predicted molar refractivity (Wildman–Crippen MR) is 130 cm³/mol. The number of anilines is 1. The number of hydrogen-bond donors (Lipinski definition) is 2. The fraction of sp³-hybridized carbons (Fsp3) is 0.292. The van der Waals surface area contributed by atoms with Crippen LogP contribution in [0.15, 0.2) is 59.5 Å². The highest BCUT2D eigenvalue weighted by molar-refractivity contribution is 7.89. The van der Waals surface area contributed by atoms with Crippen molar-refractivity contribution in [1.29, 1.82) is 5.26 Å². The Kier molecular flexibility index (Phi) is 8.04. The predicted octanol–water partition coefficient (Wildman–Crippen LogP) is 2.72. The number of nitrogens with one attached hydrogen (secondary N) is 1. The molecule has 1 aromatic heterocycles. The molecule has 3 N–H and O–H groups in total. The minimum absolute atomic E-state index is 0.156. The van der Waals surface area contributed by atoms with Gasteiger partial charge >= 0.3 is 0 Å². The largest absolute Gasteiger partial charge is 0.382 e. The van der Waals surface area contributed by atoms with Gasteiger partial charge in [0.25, 0.3) is 5.91 Å². The molecule has 3 rings (SSSR count). The molecule has 0 atom stereocenters. The summed E-state index contributed by atoms with van der Waals surface area (Å²) in [5, 5.41) is 16.8. The first kappa shape index (κ1) is 25.0. The first-order chi connectivity index (χ1) is 16.3. The molecule has 1 amide bonds. The van der Waals surface area contributed by atoms with E-state index in [9.17, 15) is 18.5 Å². The van der Waals surface area contributed by atoms with Crippen molar-refractivity contribution >= 4 is 21.7 Å². The van der Waals surface area contributed by atoms with E-state index in [1.54, 1.807) is 18.5 Å². The van der Waals surface area contributed by atoms with Crippen LogP contribution in [0.1, 0.15) is 41.9 Å². The Morgan fingerprint density at radius 3 is 2.35 bits per heavy atom. The number of aryl methyl sites for hydroxylation is 1. The van der Waals surface area contributed by atoms with Crippen LogP contribution in [0.4, 0.5) is 5.82 Å². The zero-order chi connectivity index (χ0) is 24.7. The molecule has 9 nitrogen and oxygen atoms in total. The van der Waals surface area contributed by atoms with E-state index in [1.807, 2.05) is 30.3 Å². The van der Waals surface area contributed by atoms with Crippen molar-refractivity contribution in [3.8, 4) is 11.8 Å². The number of sulfonamides is 1. The Bertz CT molecular complexity index is 1270. The van der Waals surface area contributed by atoms with Crippen molar-refractivity contribution < 1.29 is 13.2 Å². The number of nitrogens with zero attached hydrogens (tertiary/aromatic N) is 4. The van der Waals surface area contributed by atoms with Gasteiger partial charge in [0.15, 0.2) is 0 Å². The van der Waals surface area contributed by atoms with Crippen LogP contribution in [0.25, 0.3) is 5.69 Å². The van der Waals surface area contributed by atoms with Gasteiger partial charge in [-0.05, 0) is 49.2 Å². The molecule has 10 heteroatoms. The van der Waals surface area contributed by atoms with Crippen molar-refractivity contribution in [2.45, 2.75) is 31.6 Å². The van der Waals surface area contributed by atoms with E-state index in [-0.39, 0.29) is 16.6 Å². The van der Waals surface area contributed by atoms with Crippen LogP contribution < -0.4 is 11.1 Å². The van der Waals surface area contributed by atoms with E-state index in [0.29, 0.717) is 49.3 Å². The van der Waals surface area contributed by atoms with Gasteiger partial charge in [-0.25, -0.2) is 13.1 Å². The summed E-state index contributed by atoms with van der Waals surface area (Å²) in [6.45, 7) is 4.68. The molecule has 0 aliphatic rings. The van der Waals surface area contributed by atoms with Gasteiger partial charge in [0.05, 0.1) is 16.3 Å². The lowest BCUT2D eigenvalue weighted by Crippen LogP contribution is -2.30. The third kappa shape index (κ3) is 5.27. The van der Waals surface area contributed by atoms with Gasteiger partial charge in [0.1, 0.15) is 17.5 Å². The van der Waals surface area contributed by atoms with Crippen molar-refractivity contribution in [2.24, 2.45) is 0 Å². The van der Waals surface area contributed by atoms with Crippen LogP contribution in [0.3, 0.4) is 0 Å². The van der Waals surface area contributed by atoms with Crippen LogP contribution >= 0.6 is 0 Å². The van der Waals surface area contributed by atoms with Crippen molar-refractivity contribution in [2.75, 3.05) is 25.4 Å². The average molecular weight is 481 g/mol. The number of carbonyl (C=O) groups is 1. The number of benzene rings is 2. The van der Waals surface area contributed by atoms with Gasteiger partial charge in [-0.1, -0.05) is 32.0 Å². The number of nitriles is 1. The number of aromatic nitrogens is 2. The van der Waals surface area contributed by atoms with Gasteiger partial charge in [-0.2, -0.15) is 14.7 Å². The van der Waals surface area contributed by atoms with E-state index in [1.165, 1.54) is 28.6 Å². The second kappa shape index (κ2) is 11.0. The maximum Gasteiger partial charge on any atom is 0.251 e. The third-order valence-corrected chi connectivity index (χ3v) is 7.51. The minimum atomic E-state index is -3.57. The summed E-state index contributed by atoms with van der Waals surface area (Å²) in [4.78, 5) is 12.6. The molecule has 0 radical (unpaired) electrons. The molecular formula is C24H28N6O3S. The zero-order valence-corrected chi connectivity index (χ0v) is 20.0. The van der Waals surface area contributed by atoms with Crippen LogP contribution in [0.5, 0.6) is 0 Å².